The van der Waals surface area contributed by atoms with E-state index in [4.69, 9.17) is 0 Å². The standard InChI is InChI=1S/C19H20F2N4O/c1-13-6-8-22-17(24-9-7-19(20,21)12-24)16(13)23-18(26)25-10-14-4-2-3-5-15(14)11-25/h2-6,8H,7,9-12H2,1H3,(H,23,26). The van der Waals surface area contributed by atoms with Crippen molar-refractivity contribution >= 4 is 17.5 Å². The minimum absolute atomic E-state index is 0.197. The third-order valence-corrected chi connectivity index (χ3v) is 4.97. The van der Waals surface area contributed by atoms with E-state index >= 15 is 0 Å². The summed E-state index contributed by atoms with van der Waals surface area (Å²) in [5, 5.41) is 2.90. The Labute approximate surface area is 150 Å². The molecule has 2 aliphatic heterocycles. The van der Waals surface area contributed by atoms with Gasteiger partial charge in [-0.05, 0) is 29.7 Å². The van der Waals surface area contributed by atoms with Crippen molar-refractivity contribution in [2.45, 2.75) is 32.4 Å². The Bertz CT molecular complexity index is 830. The average Bonchev–Trinajstić information content (AvgIpc) is 3.19. The first-order chi connectivity index (χ1) is 12.4. The van der Waals surface area contributed by atoms with Crippen molar-refractivity contribution in [3.63, 3.8) is 0 Å². The number of benzene rings is 1. The van der Waals surface area contributed by atoms with Crippen LogP contribution in [0.4, 0.5) is 25.1 Å². The molecule has 0 spiro atoms. The number of hydrogen-bond donors (Lipinski definition) is 1. The fourth-order valence-corrected chi connectivity index (χ4v) is 3.52. The van der Waals surface area contributed by atoms with Crippen molar-refractivity contribution in [3.05, 3.63) is 53.2 Å². The van der Waals surface area contributed by atoms with Gasteiger partial charge in [-0.15, -0.1) is 0 Å². The molecule has 3 heterocycles. The van der Waals surface area contributed by atoms with Crippen LogP contribution in [0.2, 0.25) is 0 Å². The molecule has 0 aliphatic carbocycles. The normalized spacial score (nSPS) is 18.1. The number of carbonyl (C=O) groups is 1. The van der Waals surface area contributed by atoms with Gasteiger partial charge in [0.1, 0.15) is 0 Å². The summed E-state index contributed by atoms with van der Waals surface area (Å²) < 4.78 is 27.2. The fourth-order valence-electron chi connectivity index (χ4n) is 3.52. The Balaban J connectivity index is 1.54. The quantitative estimate of drug-likeness (QED) is 0.889. The van der Waals surface area contributed by atoms with E-state index in [0.717, 1.165) is 16.7 Å². The highest BCUT2D eigenvalue weighted by atomic mass is 19.3. The van der Waals surface area contributed by atoms with Crippen LogP contribution in [0.5, 0.6) is 0 Å². The first-order valence-corrected chi connectivity index (χ1v) is 8.64. The van der Waals surface area contributed by atoms with Crippen LogP contribution in [-0.2, 0) is 13.1 Å². The van der Waals surface area contributed by atoms with Gasteiger partial charge in [-0.25, -0.2) is 18.6 Å². The molecule has 1 aromatic heterocycles. The van der Waals surface area contributed by atoms with Crippen LogP contribution in [0.1, 0.15) is 23.1 Å². The number of alkyl halides is 2. The number of anilines is 2. The van der Waals surface area contributed by atoms with E-state index < -0.39 is 5.92 Å². The Morgan fingerprint density at radius 1 is 1.19 bits per heavy atom. The molecule has 26 heavy (non-hydrogen) atoms. The molecular formula is C19H20F2N4O. The highest BCUT2D eigenvalue weighted by Crippen LogP contribution is 2.35. The summed E-state index contributed by atoms with van der Waals surface area (Å²) in [5.74, 6) is -2.31. The van der Waals surface area contributed by atoms with Crippen LogP contribution in [0.25, 0.3) is 0 Å². The van der Waals surface area contributed by atoms with Gasteiger partial charge in [0, 0.05) is 32.3 Å². The molecule has 0 radical (unpaired) electrons. The first-order valence-electron chi connectivity index (χ1n) is 8.64. The molecule has 0 unspecified atom stereocenters. The lowest BCUT2D eigenvalue weighted by molar-refractivity contribution is 0.0257. The van der Waals surface area contributed by atoms with E-state index in [1.165, 1.54) is 0 Å². The lowest BCUT2D eigenvalue weighted by Gasteiger charge is -2.23. The van der Waals surface area contributed by atoms with Crippen molar-refractivity contribution in [2.24, 2.45) is 0 Å². The topological polar surface area (TPSA) is 48.5 Å². The summed E-state index contributed by atoms with van der Waals surface area (Å²) in [5.41, 5.74) is 3.57. The van der Waals surface area contributed by atoms with Crippen LogP contribution in [0.3, 0.4) is 0 Å². The Morgan fingerprint density at radius 3 is 2.50 bits per heavy atom. The van der Waals surface area contributed by atoms with Gasteiger partial charge in [-0.2, -0.15) is 0 Å². The van der Waals surface area contributed by atoms with E-state index in [2.05, 4.69) is 10.3 Å². The minimum atomic E-state index is -2.72. The second-order valence-electron chi connectivity index (χ2n) is 6.91. The van der Waals surface area contributed by atoms with Crippen LogP contribution in [0, 0.1) is 6.92 Å². The molecule has 0 saturated carbocycles. The van der Waals surface area contributed by atoms with Gasteiger partial charge in [0.2, 0.25) is 0 Å². The lowest BCUT2D eigenvalue weighted by atomic mass is 10.1. The molecule has 4 rings (SSSR count). The number of aromatic nitrogens is 1. The van der Waals surface area contributed by atoms with Crippen molar-refractivity contribution in [2.75, 3.05) is 23.3 Å². The molecular weight excluding hydrogens is 338 g/mol. The molecule has 0 bridgehead atoms. The number of carbonyl (C=O) groups excluding carboxylic acids is 1. The second-order valence-corrected chi connectivity index (χ2v) is 6.91. The number of amides is 2. The maximum atomic E-state index is 13.6. The Kier molecular flexibility index (Phi) is 4.01. The molecule has 2 aromatic rings. The van der Waals surface area contributed by atoms with Gasteiger partial charge >= 0.3 is 6.03 Å². The van der Waals surface area contributed by atoms with Gasteiger partial charge in [-0.3, -0.25) is 0 Å². The zero-order valence-corrected chi connectivity index (χ0v) is 14.5. The molecule has 1 aromatic carbocycles. The van der Waals surface area contributed by atoms with Gasteiger partial charge in [-0.1, -0.05) is 24.3 Å². The van der Waals surface area contributed by atoms with Gasteiger partial charge in [0.25, 0.3) is 5.92 Å². The van der Waals surface area contributed by atoms with Crippen LogP contribution < -0.4 is 10.2 Å². The van der Waals surface area contributed by atoms with Crippen LogP contribution in [-0.4, -0.2) is 34.9 Å². The maximum absolute atomic E-state index is 13.6. The van der Waals surface area contributed by atoms with Crippen LogP contribution in [0.15, 0.2) is 36.5 Å². The number of rotatable bonds is 2. The number of nitrogens with one attached hydrogen (secondary N) is 1. The number of aryl methyl sites for hydroxylation is 1. The second kappa shape index (κ2) is 6.23. The summed E-state index contributed by atoms with van der Waals surface area (Å²) in [6.07, 6.45) is 1.39. The molecule has 5 nitrogen and oxygen atoms in total. The molecule has 0 atom stereocenters. The SMILES string of the molecule is Cc1ccnc(N2CCC(F)(F)C2)c1NC(=O)N1Cc2ccccc2C1. The number of nitrogens with zero attached hydrogens (tertiary/aromatic N) is 3. The van der Waals surface area contributed by atoms with E-state index in [-0.39, 0.29) is 25.5 Å². The zero-order chi connectivity index (χ0) is 18.3. The van der Waals surface area contributed by atoms with Crippen molar-refractivity contribution in [1.29, 1.82) is 0 Å². The van der Waals surface area contributed by atoms with Crippen LogP contribution >= 0.6 is 0 Å². The number of urea groups is 1. The van der Waals surface area contributed by atoms with E-state index in [9.17, 15) is 13.6 Å². The Morgan fingerprint density at radius 2 is 1.88 bits per heavy atom. The highest BCUT2D eigenvalue weighted by Gasteiger charge is 2.39. The summed E-state index contributed by atoms with van der Waals surface area (Å²) in [6.45, 7) is 2.77. The van der Waals surface area contributed by atoms with E-state index in [1.807, 2.05) is 31.2 Å². The van der Waals surface area contributed by atoms with Gasteiger partial charge < -0.3 is 15.1 Å². The van der Waals surface area contributed by atoms with Gasteiger partial charge in [0.15, 0.2) is 5.82 Å². The Hall–Kier alpha value is -2.70. The third kappa shape index (κ3) is 3.09. The minimum Gasteiger partial charge on any atom is -0.349 e. The zero-order valence-electron chi connectivity index (χ0n) is 14.5. The van der Waals surface area contributed by atoms with Crippen molar-refractivity contribution in [1.82, 2.24) is 9.88 Å². The predicted octanol–water partition coefficient (Wildman–Crippen LogP) is 3.78. The fraction of sp³-hybridized carbons (Fsp3) is 0.368. The number of pyridine rings is 1. The third-order valence-electron chi connectivity index (χ3n) is 4.97. The van der Waals surface area contributed by atoms with E-state index in [0.29, 0.717) is 24.6 Å². The molecule has 2 aliphatic rings. The molecule has 1 saturated heterocycles. The summed E-state index contributed by atoms with van der Waals surface area (Å²) in [6, 6.07) is 9.45. The molecule has 136 valence electrons. The predicted molar refractivity (Wildman–Crippen MR) is 95.5 cm³/mol. The van der Waals surface area contributed by atoms with Crippen molar-refractivity contribution < 1.29 is 13.6 Å². The van der Waals surface area contributed by atoms with Crippen molar-refractivity contribution in [3.8, 4) is 0 Å². The molecule has 7 heteroatoms. The number of fused-ring (bicyclic) bond motifs is 1. The highest BCUT2D eigenvalue weighted by molar-refractivity contribution is 5.94. The molecule has 2 amide bonds. The summed E-state index contributed by atoms with van der Waals surface area (Å²) in [7, 11) is 0. The first kappa shape index (κ1) is 16.8. The average molecular weight is 358 g/mol. The number of hydrogen-bond acceptors (Lipinski definition) is 3. The number of halogens is 2. The van der Waals surface area contributed by atoms with E-state index in [1.54, 1.807) is 22.1 Å². The summed E-state index contributed by atoms with van der Waals surface area (Å²) in [4.78, 5) is 20.3. The largest absolute Gasteiger partial charge is 0.349 e. The summed E-state index contributed by atoms with van der Waals surface area (Å²) >= 11 is 0. The monoisotopic (exact) mass is 358 g/mol. The molecule has 1 fully saturated rings. The van der Waals surface area contributed by atoms with Gasteiger partial charge in [0.05, 0.1) is 12.2 Å². The molecule has 1 N–H and O–H groups in total. The maximum Gasteiger partial charge on any atom is 0.322 e. The smallest absolute Gasteiger partial charge is 0.322 e. The lowest BCUT2D eigenvalue weighted by Crippen LogP contribution is -2.32.